The maximum atomic E-state index is 13.2. The number of halogens is 3. The van der Waals surface area contributed by atoms with E-state index in [1.165, 1.54) is 6.07 Å². The summed E-state index contributed by atoms with van der Waals surface area (Å²) in [6.07, 6.45) is -4.50. The average Bonchev–Trinajstić information content (AvgIpc) is 3.08. The average molecular weight is 418 g/mol. The molecule has 1 fully saturated rings. The zero-order chi connectivity index (χ0) is 21.1. The van der Waals surface area contributed by atoms with Gasteiger partial charge in [-0.1, -0.05) is 24.3 Å². The van der Waals surface area contributed by atoms with Crippen LogP contribution in [0.1, 0.15) is 23.6 Å². The maximum Gasteiger partial charge on any atom is 0.416 e. The number of aromatic amines is 1. The largest absolute Gasteiger partial charge is 0.416 e. The molecule has 1 unspecified atom stereocenters. The second-order valence-corrected chi connectivity index (χ2v) is 7.33. The molecule has 0 radical (unpaired) electrons. The molecule has 0 spiro atoms. The molecule has 158 valence electrons. The van der Waals surface area contributed by atoms with Crippen molar-refractivity contribution >= 4 is 22.9 Å². The van der Waals surface area contributed by atoms with Crippen LogP contribution in [0.5, 0.6) is 0 Å². The summed E-state index contributed by atoms with van der Waals surface area (Å²) in [5, 5.41) is 5.92. The molecule has 30 heavy (non-hydrogen) atoms. The minimum atomic E-state index is -4.47. The lowest BCUT2D eigenvalue weighted by atomic mass is 10.0. The molecule has 3 N–H and O–H groups in total. The van der Waals surface area contributed by atoms with Gasteiger partial charge >= 0.3 is 6.18 Å². The minimum Gasteiger partial charge on any atom is -0.381 e. The highest BCUT2D eigenvalue weighted by Crippen LogP contribution is 2.32. The highest BCUT2D eigenvalue weighted by Gasteiger charge is 2.31. The van der Waals surface area contributed by atoms with Gasteiger partial charge in [0.1, 0.15) is 0 Å². The summed E-state index contributed by atoms with van der Waals surface area (Å²) in [6, 6.07) is 11.7. The van der Waals surface area contributed by atoms with Crippen molar-refractivity contribution in [1.82, 2.24) is 15.3 Å². The Morgan fingerprint density at radius 1 is 1.20 bits per heavy atom. The number of fused-ring (bicyclic) bond motifs is 1. The van der Waals surface area contributed by atoms with Crippen LogP contribution in [0.3, 0.4) is 0 Å². The highest BCUT2D eigenvalue weighted by molar-refractivity contribution is 5.79. The van der Waals surface area contributed by atoms with Gasteiger partial charge in [-0.3, -0.25) is 4.79 Å². The monoisotopic (exact) mass is 418 g/mol. The van der Waals surface area contributed by atoms with E-state index in [0.29, 0.717) is 31.3 Å². The van der Waals surface area contributed by atoms with E-state index >= 15 is 0 Å². The number of amides is 1. The van der Waals surface area contributed by atoms with Crippen molar-refractivity contribution in [3.8, 4) is 0 Å². The summed E-state index contributed by atoms with van der Waals surface area (Å²) >= 11 is 0. The number of aromatic nitrogens is 2. The maximum absolute atomic E-state index is 13.2. The topological polar surface area (TPSA) is 79.0 Å². The molecular weight excluding hydrogens is 397 g/mol. The van der Waals surface area contributed by atoms with Crippen LogP contribution in [-0.4, -0.2) is 35.6 Å². The predicted molar refractivity (Wildman–Crippen MR) is 106 cm³/mol. The van der Waals surface area contributed by atoms with Gasteiger partial charge in [0.25, 0.3) is 0 Å². The molecule has 0 bridgehead atoms. The molecule has 1 aliphatic rings. The third kappa shape index (κ3) is 4.73. The van der Waals surface area contributed by atoms with E-state index < -0.39 is 17.8 Å². The van der Waals surface area contributed by atoms with Crippen LogP contribution >= 0.6 is 0 Å². The lowest BCUT2D eigenvalue weighted by molar-refractivity contribution is -0.137. The number of carbonyl (C=O) groups excluding carboxylic acids is 1. The van der Waals surface area contributed by atoms with Crippen LogP contribution in [0.4, 0.5) is 19.1 Å². The van der Waals surface area contributed by atoms with E-state index in [1.807, 2.05) is 24.3 Å². The first-order valence-corrected chi connectivity index (χ1v) is 9.61. The van der Waals surface area contributed by atoms with Crippen LogP contribution < -0.4 is 10.6 Å². The van der Waals surface area contributed by atoms with Gasteiger partial charge in [0.05, 0.1) is 42.3 Å². The Balaban J connectivity index is 1.56. The lowest BCUT2D eigenvalue weighted by Crippen LogP contribution is -2.39. The minimum absolute atomic E-state index is 0.0358. The zero-order valence-corrected chi connectivity index (χ0v) is 16.0. The lowest BCUT2D eigenvalue weighted by Gasteiger charge is -2.26. The quantitative estimate of drug-likeness (QED) is 0.544. The number of nitrogens with zero attached hydrogens (tertiary/aromatic N) is 1. The van der Waals surface area contributed by atoms with E-state index in [2.05, 4.69) is 20.6 Å². The number of anilines is 1. The number of hydrogen-bond donors (Lipinski definition) is 3. The molecular formula is C21H21F3N4O2. The van der Waals surface area contributed by atoms with Crippen LogP contribution in [0.2, 0.25) is 0 Å². The van der Waals surface area contributed by atoms with Crippen molar-refractivity contribution in [3.05, 3.63) is 59.7 Å². The number of ether oxygens (including phenoxy) is 1. The predicted octanol–water partition coefficient (Wildman–Crippen LogP) is 3.89. The van der Waals surface area contributed by atoms with Crippen LogP contribution in [0, 0.1) is 5.92 Å². The SMILES string of the molecule is O=C(CC(Nc1nc2ccccc2[nH]1)c1cccc(C(F)(F)F)c1)NCC1COC1. The van der Waals surface area contributed by atoms with Crippen molar-refractivity contribution in [2.75, 3.05) is 25.1 Å². The van der Waals surface area contributed by atoms with Gasteiger partial charge in [-0.2, -0.15) is 13.2 Å². The Morgan fingerprint density at radius 2 is 2.00 bits per heavy atom. The number of benzene rings is 2. The van der Waals surface area contributed by atoms with Gasteiger partial charge in [0, 0.05) is 12.5 Å². The molecule has 2 aromatic carbocycles. The fourth-order valence-corrected chi connectivity index (χ4v) is 3.29. The van der Waals surface area contributed by atoms with Crippen LogP contribution in [-0.2, 0) is 15.7 Å². The summed E-state index contributed by atoms with van der Waals surface area (Å²) in [5.74, 6) is 0.413. The van der Waals surface area contributed by atoms with Crippen LogP contribution in [0.25, 0.3) is 11.0 Å². The summed E-state index contributed by atoms with van der Waals surface area (Å²) in [5.41, 5.74) is 1.10. The smallest absolute Gasteiger partial charge is 0.381 e. The number of carbonyl (C=O) groups is 1. The van der Waals surface area contributed by atoms with E-state index in [1.54, 1.807) is 6.07 Å². The number of rotatable bonds is 7. The molecule has 0 aliphatic carbocycles. The number of nitrogens with one attached hydrogen (secondary N) is 3. The Morgan fingerprint density at radius 3 is 2.70 bits per heavy atom. The van der Waals surface area contributed by atoms with Crippen molar-refractivity contribution in [2.24, 2.45) is 5.92 Å². The molecule has 2 heterocycles. The van der Waals surface area contributed by atoms with Gasteiger partial charge in [-0.15, -0.1) is 0 Å². The van der Waals surface area contributed by atoms with Gasteiger partial charge in [0.15, 0.2) is 0 Å². The normalized spacial score (nSPS) is 15.6. The van der Waals surface area contributed by atoms with Crippen molar-refractivity contribution in [3.63, 3.8) is 0 Å². The third-order valence-electron chi connectivity index (χ3n) is 5.00. The molecule has 4 rings (SSSR count). The number of imidazole rings is 1. The van der Waals surface area contributed by atoms with Crippen molar-refractivity contribution in [2.45, 2.75) is 18.6 Å². The number of H-pyrrole nitrogens is 1. The number of hydrogen-bond acceptors (Lipinski definition) is 4. The standard InChI is InChI=1S/C21H21F3N4O2/c22-21(23,24)15-5-3-4-14(8-15)18(9-19(29)25-10-13-11-30-12-13)28-20-26-16-6-1-2-7-17(16)27-20/h1-8,13,18H,9-12H2,(H,25,29)(H2,26,27,28). The first kappa shape index (κ1) is 20.2. The molecule has 0 saturated carbocycles. The third-order valence-corrected chi connectivity index (χ3v) is 5.00. The molecule has 1 aromatic heterocycles. The number of para-hydroxylation sites is 2. The fraction of sp³-hybridized carbons (Fsp3) is 0.333. The summed E-state index contributed by atoms with van der Waals surface area (Å²) in [6.45, 7) is 1.70. The molecule has 3 aromatic rings. The first-order chi connectivity index (χ1) is 14.4. The Bertz CT molecular complexity index is 997. The van der Waals surface area contributed by atoms with Gasteiger partial charge in [0.2, 0.25) is 11.9 Å². The second kappa shape index (κ2) is 8.35. The van der Waals surface area contributed by atoms with Gasteiger partial charge in [-0.25, -0.2) is 4.98 Å². The number of alkyl halides is 3. The molecule has 6 nitrogen and oxygen atoms in total. The van der Waals surface area contributed by atoms with Gasteiger partial charge < -0.3 is 20.4 Å². The first-order valence-electron chi connectivity index (χ1n) is 9.61. The van der Waals surface area contributed by atoms with Gasteiger partial charge in [-0.05, 0) is 29.8 Å². The van der Waals surface area contributed by atoms with Crippen molar-refractivity contribution < 1.29 is 22.7 Å². The van der Waals surface area contributed by atoms with E-state index in [4.69, 9.17) is 4.74 Å². The molecule has 1 atom stereocenters. The second-order valence-electron chi connectivity index (χ2n) is 7.33. The Labute approximate surface area is 170 Å². The Hall–Kier alpha value is -3.07. The molecule has 1 saturated heterocycles. The molecule has 1 aliphatic heterocycles. The Kier molecular flexibility index (Phi) is 5.63. The van der Waals surface area contributed by atoms with E-state index in [-0.39, 0.29) is 18.2 Å². The summed E-state index contributed by atoms with van der Waals surface area (Å²) in [7, 11) is 0. The van der Waals surface area contributed by atoms with Crippen molar-refractivity contribution in [1.29, 1.82) is 0 Å². The summed E-state index contributed by atoms with van der Waals surface area (Å²) in [4.78, 5) is 20.0. The van der Waals surface area contributed by atoms with E-state index in [9.17, 15) is 18.0 Å². The molecule has 9 heteroatoms. The molecule has 1 amide bonds. The summed E-state index contributed by atoms with van der Waals surface area (Å²) < 4.78 is 44.6. The highest BCUT2D eigenvalue weighted by atomic mass is 19.4. The van der Waals surface area contributed by atoms with E-state index in [0.717, 1.165) is 23.2 Å². The van der Waals surface area contributed by atoms with Crippen LogP contribution in [0.15, 0.2) is 48.5 Å². The fourth-order valence-electron chi connectivity index (χ4n) is 3.29. The zero-order valence-electron chi connectivity index (χ0n) is 16.0.